The van der Waals surface area contributed by atoms with E-state index in [-0.39, 0.29) is 0 Å². The van der Waals surface area contributed by atoms with Crippen molar-refractivity contribution in [3.05, 3.63) is 65.3 Å². The number of benzene rings is 2. The van der Waals surface area contributed by atoms with Crippen molar-refractivity contribution >= 4 is 27.9 Å². The van der Waals surface area contributed by atoms with Gasteiger partial charge in [0.1, 0.15) is 0 Å². The monoisotopic (exact) mass is 325 g/mol. The van der Waals surface area contributed by atoms with Crippen LogP contribution in [0.5, 0.6) is 0 Å². The maximum absolute atomic E-state index is 5.93. The van der Waals surface area contributed by atoms with E-state index in [1.54, 1.807) is 11.3 Å². The lowest BCUT2D eigenvalue weighted by atomic mass is 10.2. The Hall–Kier alpha value is -2.17. The number of fused-ring (bicyclic) bond motifs is 1. The predicted octanol–water partition coefficient (Wildman–Crippen LogP) is 5.09. The second-order valence-corrected chi connectivity index (χ2v) is 6.43. The summed E-state index contributed by atoms with van der Waals surface area (Å²) in [6.07, 6.45) is 0. The number of hydrogen-bond acceptors (Lipinski definition) is 3. The van der Waals surface area contributed by atoms with Gasteiger partial charge in [0.15, 0.2) is 5.82 Å². The van der Waals surface area contributed by atoms with Crippen molar-refractivity contribution in [2.24, 2.45) is 0 Å². The summed E-state index contributed by atoms with van der Waals surface area (Å²) in [7, 11) is 0. The molecule has 2 aromatic carbocycles. The maximum Gasteiger partial charge on any atom is 0.213 e. The van der Waals surface area contributed by atoms with Crippen molar-refractivity contribution in [3.63, 3.8) is 0 Å². The second-order valence-electron chi connectivity index (χ2n) is 5.02. The molecule has 4 rings (SSSR count). The number of aromatic nitrogens is 3. The largest absolute Gasteiger partial charge is 0.213 e. The summed E-state index contributed by atoms with van der Waals surface area (Å²) in [6.45, 7) is 2.08. The van der Waals surface area contributed by atoms with E-state index in [4.69, 9.17) is 11.6 Å². The first-order valence-electron chi connectivity index (χ1n) is 6.90. The highest BCUT2D eigenvalue weighted by Crippen LogP contribution is 2.32. The number of rotatable bonds is 2. The minimum Gasteiger partial charge on any atom is -0.207 e. The van der Waals surface area contributed by atoms with Gasteiger partial charge in [0.2, 0.25) is 4.96 Å². The third kappa shape index (κ3) is 2.21. The second kappa shape index (κ2) is 5.23. The SMILES string of the molecule is Cc1c(-c2ccccc2)sc2nc(-c3ccc(Cl)cc3)nn12. The van der Waals surface area contributed by atoms with Crippen molar-refractivity contribution in [1.29, 1.82) is 0 Å². The standard InChI is InChI=1S/C17H12ClN3S/c1-11-15(12-5-3-2-4-6-12)22-17-19-16(20-21(11)17)13-7-9-14(18)10-8-13/h2-10H,1H3. The number of hydrogen-bond donors (Lipinski definition) is 0. The predicted molar refractivity (Wildman–Crippen MR) is 91.5 cm³/mol. The molecule has 0 bridgehead atoms. The van der Waals surface area contributed by atoms with Gasteiger partial charge in [-0.05, 0) is 36.8 Å². The molecular formula is C17H12ClN3S. The summed E-state index contributed by atoms with van der Waals surface area (Å²) in [5, 5.41) is 5.35. The first-order chi connectivity index (χ1) is 10.7. The van der Waals surface area contributed by atoms with Crippen molar-refractivity contribution in [3.8, 4) is 21.8 Å². The van der Waals surface area contributed by atoms with E-state index < -0.39 is 0 Å². The summed E-state index contributed by atoms with van der Waals surface area (Å²) in [4.78, 5) is 6.76. The van der Waals surface area contributed by atoms with Crippen LogP contribution in [0.3, 0.4) is 0 Å². The molecule has 2 heterocycles. The Bertz CT molecular complexity index is 939. The van der Waals surface area contributed by atoms with Crippen molar-refractivity contribution in [2.75, 3.05) is 0 Å². The third-order valence-corrected chi connectivity index (χ3v) is 4.99. The zero-order valence-electron chi connectivity index (χ0n) is 11.8. The van der Waals surface area contributed by atoms with Crippen LogP contribution in [0.25, 0.3) is 26.8 Å². The van der Waals surface area contributed by atoms with Crippen molar-refractivity contribution < 1.29 is 0 Å². The van der Waals surface area contributed by atoms with Gasteiger partial charge in [-0.2, -0.15) is 4.98 Å². The molecule has 0 atom stereocenters. The van der Waals surface area contributed by atoms with E-state index in [2.05, 4.69) is 29.1 Å². The normalized spacial score (nSPS) is 11.2. The summed E-state index contributed by atoms with van der Waals surface area (Å²) >= 11 is 7.59. The van der Waals surface area contributed by atoms with Gasteiger partial charge in [-0.1, -0.05) is 53.3 Å². The van der Waals surface area contributed by atoms with Crippen LogP contribution in [0.2, 0.25) is 5.02 Å². The van der Waals surface area contributed by atoms with Crippen molar-refractivity contribution in [2.45, 2.75) is 6.92 Å². The van der Waals surface area contributed by atoms with Gasteiger partial charge in [0.05, 0.1) is 10.6 Å². The Balaban J connectivity index is 1.82. The molecule has 0 unspecified atom stereocenters. The van der Waals surface area contributed by atoms with Crippen LogP contribution in [0, 0.1) is 6.92 Å². The highest BCUT2D eigenvalue weighted by Gasteiger charge is 2.15. The number of nitrogens with zero attached hydrogens (tertiary/aromatic N) is 3. The fraction of sp³-hybridized carbons (Fsp3) is 0.0588. The molecule has 5 heteroatoms. The van der Waals surface area contributed by atoms with Crippen molar-refractivity contribution in [1.82, 2.24) is 14.6 Å². The van der Waals surface area contributed by atoms with Crippen LogP contribution in [0.15, 0.2) is 54.6 Å². The number of thiazole rings is 1. The number of aryl methyl sites for hydroxylation is 1. The third-order valence-electron chi connectivity index (χ3n) is 3.56. The molecule has 0 radical (unpaired) electrons. The van der Waals surface area contributed by atoms with Crippen LogP contribution in [-0.2, 0) is 0 Å². The topological polar surface area (TPSA) is 30.2 Å². The van der Waals surface area contributed by atoms with Crippen LogP contribution in [-0.4, -0.2) is 14.6 Å². The number of halogens is 1. The summed E-state index contributed by atoms with van der Waals surface area (Å²) < 4.78 is 1.91. The highest BCUT2D eigenvalue weighted by atomic mass is 35.5. The molecule has 2 aromatic heterocycles. The van der Waals surface area contributed by atoms with Crippen LogP contribution >= 0.6 is 22.9 Å². The van der Waals surface area contributed by atoms with Crippen LogP contribution in [0.1, 0.15) is 5.69 Å². The fourth-order valence-corrected chi connectivity index (χ4v) is 3.62. The average Bonchev–Trinajstić information content (AvgIpc) is 3.09. The van der Waals surface area contributed by atoms with Gasteiger partial charge >= 0.3 is 0 Å². The molecular weight excluding hydrogens is 314 g/mol. The van der Waals surface area contributed by atoms with E-state index in [0.29, 0.717) is 5.02 Å². The van der Waals surface area contributed by atoms with Gasteiger partial charge in [-0.3, -0.25) is 0 Å². The Morgan fingerprint density at radius 2 is 1.68 bits per heavy atom. The molecule has 0 aliphatic heterocycles. The zero-order valence-corrected chi connectivity index (χ0v) is 13.4. The van der Waals surface area contributed by atoms with E-state index in [9.17, 15) is 0 Å². The van der Waals surface area contributed by atoms with Gasteiger partial charge < -0.3 is 0 Å². The van der Waals surface area contributed by atoms with Gasteiger partial charge in [0, 0.05) is 10.6 Å². The molecule has 0 spiro atoms. The molecule has 0 fully saturated rings. The molecule has 0 saturated heterocycles. The highest BCUT2D eigenvalue weighted by molar-refractivity contribution is 7.20. The Labute approximate surface area is 136 Å². The molecule has 108 valence electrons. The van der Waals surface area contributed by atoms with Crippen LogP contribution in [0.4, 0.5) is 0 Å². The molecule has 22 heavy (non-hydrogen) atoms. The molecule has 0 amide bonds. The summed E-state index contributed by atoms with van der Waals surface area (Å²) in [5.74, 6) is 0.727. The lowest BCUT2D eigenvalue weighted by Crippen LogP contribution is -1.89. The molecule has 0 aliphatic carbocycles. The molecule has 0 N–H and O–H groups in total. The summed E-state index contributed by atoms with van der Waals surface area (Å²) in [5.41, 5.74) is 3.28. The van der Waals surface area contributed by atoms with Gasteiger partial charge in [0.25, 0.3) is 0 Å². The van der Waals surface area contributed by atoms with Crippen LogP contribution < -0.4 is 0 Å². The van der Waals surface area contributed by atoms with Gasteiger partial charge in [-0.25, -0.2) is 4.52 Å². The molecule has 0 saturated carbocycles. The summed E-state index contributed by atoms with van der Waals surface area (Å²) in [6, 6.07) is 17.9. The first-order valence-corrected chi connectivity index (χ1v) is 8.09. The zero-order chi connectivity index (χ0) is 15.1. The maximum atomic E-state index is 5.93. The molecule has 3 nitrogen and oxygen atoms in total. The van der Waals surface area contributed by atoms with E-state index in [0.717, 1.165) is 22.0 Å². The molecule has 4 aromatic rings. The van der Waals surface area contributed by atoms with E-state index in [1.165, 1.54) is 10.4 Å². The molecule has 0 aliphatic rings. The minimum absolute atomic E-state index is 0.715. The lowest BCUT2D eigenvalue weighted by Gasteiger charge is -1.99. The van der Waals surface area contributed by atoms with E-state index in [1.807, 2.05) is 47.0 Å². The Morgan fingerprint density at radius 3 is 2.36 bits per heavy atom. The van der Waals surface area contributed by atoms with Gasteiger partial charge in [-0.15, -0.1) is 5.10 Å². The quantitative estimate of drug-likeness (QED) is 0.514. The lowest BCUT2D eigenvalue weighted by molar-refractivity contribution is 0.938. The first kappa shape index (κ1) is 13.5. The van der Waals surface area contributed by atoms with E-state index >= 15 is 0 Å². The Kier molecular flexibility index (Phi) is 3.21. The average molecular weight is 326 g/mol. The fourth-order valence-electron chi connectivity index (χ4n) is 2.42. The minimum atomic E-state index is 0.715. The Morgan fingerprint density at radius 1 is 0.955 bits per heavy atom. The smallest absolute Gasteiger partial charge is 0.207 e.